The van der Waals surface area contributed by atoms with Gasteiger partial charge in [0.25, 0.3) is 0 Å². The van der Waals surface area contributed by atoms with Crippen LogP contribution in [0.1, 0.15) is 10.6 Å². The minimum Gasteiger partial charge on any atom is -0.506 e. The maximum Gasteiger partial charge on any atom is 0.224 e. The minimum atomic E-state index is 0.269. The fourth-order valence-electron chi connectivity index (χ4n) is 4.09. The van der Waals surface area contributed by atoms with Gasteiger partial charge in [0.05, 0.1) is 29.1 Å². The molecule has 0 spiro atoms. The number of hydrogen-bond acceptors (Lipinski definition) is 9. The third-order valence-electron chi connectivity index (χ3n) is 5.77. The fourth-order valence-corrected chi connectivity index (χ4v) is 5.42. The van der Waals surface area contributed by atoms with Crippen LogP contribution in [-0.2, 0) is 17.8 Å². The first-order valence-electron chi connectivity index (χ1n) is 10.5. The predicted octanol–water partition coefficient (Wildman–Crippen LogP) is 2.60. The van der Waals surface area contributed by atoms with Crippen molar-refractivity contribution < 1.29 is 9.84 Å². The number of fused-ring (bicyclic) bond motifs is 1. The van der Waals surface area contributed by atoms with Gasteiger partial charge in [0.15, 0.2) is 5.82 Å². The predicted molar refractivity (Wildman–Crippen MR) is 122 cm³/mol. The quantitative estimate of drug-likeness (QED) is 0.582. The van der Waals surface area contributed by atoms with E-state index in [0.717, 1.165) is 67.5 Å². The van der Waals surface area contributed by atoms with Gasteiger partial charge in [-0.2, -0.15) is 4.98 Å². The molecular weight excluding hydrogens is 436 g/mol. The summed E-state index contributed by atoms with van der Waals surface area (Å²) < 4.78 is 6.58. The lowest BCUT2D eigenvalue weighted by Gasteiger charge is -2.34. The Bertz CT molecular complexity index is 1050. The number of piperazine rings is 1. The number of anilines is 1. The Morgan fingerprint density at radius 3 is 2.52 bits per heavy atom. The number of rotatable bonds is 5. The molecule has 3 aromatic rings. The zero-order chi connectivity index (χ0) is 21.2. The third kappa shape index (κ3) is 4.75. The van der Waals surface area contributed by atoms with Crippen molar-refractivity contribution in [3.63, 3.8) is 0 Å². The molecule has 3 aromatic heterocycles. The van der Waals surface area contributed by atoms with Crippen LogP contribution in [0.3, 0.4) is 0 Å². The lowest BCUT2D eigenvalue weighted by atomic mass is 10.2. The number of hydrogen-bond donors (Lipinski definition) is 1. The first kappa shape index (κ1) is 20.8. The second-order valence-electron chi connectivity index (χ2n) is 7.86. The highest BCUT2D eigenvalue weighted by Gasteiger charge is 2.22. The van der Waals surface area contributed by atoms with Gasteiger partial charge in [-0.25, -0.2) is 4.98 Å². The number of aromatic nitrogens is 3. The number of morpholine rings is 1. The van der Waals surface area contributed by atoms with E-state index in [-0.39, 0.29) is 5.75 Å². The summed E-state index contributed by atoms with van der Waals surface area (Å²) in [6.07, 6.45) is 1.73. The molecule has 1 N–H and O–H groups in total. The number of halogens is 1. The summed E-state index contributed by atoms with van der Waals surface area (Å²) in [5.41, 5.74) is 1.66. The van der Waals surface area contributed by atoms with Crippen LogP contribution in [0.4, 0.5) is 5.82 Å². The number of thiophene rings is 1. The molecule has 0 radical (unpaired) electrons. The Kier molecular flexibility index (Phi) is 6.20. The molecule has 31 heavy (non-hydrogen) atoms. The zero-order valence-electron chi connectivity index (χ0n) is 17.2. The van der Waals surface area contributed by atoms with Crippen molar-refractivity contribution in [2.75, 3.05) is 57.4 Å². The lowest BCUT2D eigenvalue weighted by Crippen LogP contribution is -2.45. The van der Waals surface area contributed by atoms with E-state index >= 15 is 0 Å². The van der Waals surface area contributed by atoms with Crippen LogP contribution in [0.5, 0.6) is 5.75 Å². The SMILES string of the molecule is Oc1cccnc1CN1CCN(Cc2cc3nc(Cl)nc(N4CCOCC4)c3s2)CC1. The maximum absolute atomic E-state index is 9.96. The Balaban J connectivity index is 1.24. The van der Waals surface area contributed by atoms with Gasteiger partial charge >= 0.3 is 0 Å². The first-order valence-corrected chi connectivity index (χ1v) is 11.7. The van der Waals surface area contributed by atoms with E-state index in [9.17, 15) is 5.11 Å². The summed E-state index contributed by atoms with van der Waals surface area (Å²) in [5, 5.41) is 10.3. The first-order chi connectivity index (χ1) is 15.2. The summed E-state index contributed by atoms with van der Waals surface area (Å²) in [7, 11) is 0. The summed E-state index contributed by atoms with van der Waals surface area (Å²) >= 11 is 7.98. The number of aromatic hydroxyl groups is 1. The second-order valence-corrected chi connectivity index (χ2v) is 9.34. The van der Waals surface area contributed by atoms with Crippen LogP contribution < -0.4 is 4.90 Å². The third-order valence-corrected chi connectivity index (χ3v) is 7.05. The Hall–Kier alpha value is -2.04. The smallest absolute Gasteiger partial charge is 0.224 e. The van der Waals surface area contributed by atoms with Gasteiger partial charge in [0.1, 0.15) is 5.75 Å². The number of ether oxygens (including phenoxy) is 1. The van der Waals surface area contributed by atoms with Gasteiger partial charge in [0, 0.05) is 63.4 Å². The monoisotopic (exact) mass is 460 g/mol. The summed E-state index contributed by atoms with van der Waals surface area (Å²) in [6, 6.07) is 5.60. The van der Waals surface area contributed by atoms with Crippen molar-refractivity contribution in [2.45, 2.75) is 13.1 Å². The highest BCUT2D eigenvalue weighted by atomic mass is 35.5. The van der Waals surface area contributed by atoms with Gasteiger partial charge in [0.2, 0.25) is 5.28 Å². The molecule has 0 unspecified atom stereocenters. The fraction of sp³-hybridized carbons (Fsp3) is 0.476. The Labute approximate surface area is 190 Å². The molecule has 0 atom stereocenters. The maximum atomic E-state index is 9.96. The van der Waals surface area contributed by atoms with Gasteiger partial charge in [-0.15, -0.1) is 11.3 Å². The van der Waals surface area contributed by atoms with Crippen molar-refractivity contribution in [3.05, 3.63) is 40.3 Å². The van der Waals surface area contributed by atoms with E-state index in [1.165, 1.54) is 4.88 Å². The van der Waals surface area contributed by atoms with Crippen LogP contribution in [0.2, 0.25) is 5.28 Å². The van der Waals surface area contributed by atoms with Gasteiger partial charge in [-0.3, -0.25) is 14.8 Å². The van der Waals surface area contributed by atoms with E-state index < -0.39 is 0 Å². The molecule has 0 saturated carbocycles. The van der Waals surface area contributed by atoms with E-state index in [0.29, 0.717) is 25.0 Å². The van der Waals surface area contributed by atoms with E-state index in [2.05, 4.69) is 35.7 Å². The van der Waals surface area contributed by atoms with Crippen LogP contribution >= 0.6 is 22.9 Å². The van der Waals surface area contributed by atoms with E-state index in [4.69, 9.17) is 16.3 Å². The Morgan fingerprint density at radius 1 is 1.03 bits per heavy atom. The standard InChI is InChI=1S/C21H25ClN6O2S/c22-21-24-16-12-15(31-19(16)20(25-21)28-8-10-30-11-9-28)13-26-4-6-27(7-5-26)14-17-18(29)2-1-3-23-17/h1-3,12,29H,4-11,13-14H2. The largest absolute Gasteiger partial charge is 0.506 e. The summed E-state index contributed by atoms with van der Waals surface area (Å²) in [6.45, 7) is 8.49. The molecule has 8 nitrogen and oxygen atoms in total. The molecule has 0 aliphatic carbocycles. The minimum absolute atomic E-state index is 0.269. The molecule has 10 heteroatoms. The van der Waals surface area contributed by atoms with Crippen molar-refractivity contribution in [1.29, 1.82) is 0 Å². The van der Waals surface area contributed by atoms with Crippen molar-refractivity contribution in [1.82, 2.24) is 24.8 Å². The highest BCUT2D eigenvalue weighted by molar-refractivity contribution is 7.19. The van der Waals surface area contributed by atoms with Crippen LogP contribution in [-0.4, -0.2) is 82.3 Å². The normalized spacial score (nSPS) is 18.7. The Morgan fingerprint density at radius 2 is 1.77 bits per heavy atom. The molecule has 0 aromatic carbocycles. The zero-order valence-corrected chi connectivity index (χ0v) is 18.8. The molecule has 5 rings (SSSR count). The number of nitrogens with zero attached hydrogens (tertiary/aromatic N) is 6. The second kappa shape index (κ2) is 9.22. The van der Waals surface area contributed by atoms with E-state index in [1.54, 1.807) is 29.7 Å². The molecule has 164 valence electrons. The van der Waals surface area contributed by atoms with Crippen molar-refractivity contribution in [3.8, 4) is 5.75 Å². The van der Waals surface area contributed by atoms with Gasteiger partial charge in [-0.1, -0.05) is 0 Å². The van der Waals surface area contributed by atoms with Gasteiger partial charge in [-0.05, 0) is 29.8 Å². The van der Waals surface area contributed by atoms with Gasteiger partial charge < -0.3 is 14.7 Å². The molecule has 5 heterocycles. The average molecular weight is 461 g/mol. The molecule has 0 amide bonds. The average Bonchev–Trinajstić information content (AvgIpc) is 3.18. The number of pyridine rings is 1. The topological polar surface area (TPSA) is 77.9 Å². The molecule has 2 fully saturated rings. The molecular formula is C21H25ClN6O2S. The van der Waals surface area contributed by atoms with Crippen molar-refractivity contribution >= 4 is 39.0 Å². The van der Waals surface area contributed by atoms with Crippen LogP contribution in [0.25, 0.3) is 10.2 Å². The molecule has 2 saturated heterocycles. The molecule has 2 aliphatic heterocycles. The van der Waals surface area contributed by atoms with Crippen LogP contribution in [0.15, 0.2) is 24.4 Å². The summed E-state index contributed by atoms with van der Waals surface area (Å²) in [5.74, 6) is 1.19. The highest BCUT2D eigenvalue weighted by Crippen LogP contribution is 2.34. The van der Waals surface area contributed by atoms with Crippen molar-refractivity contribution in [2.24, 2.45) is 0 Å². The van der Waals surface area contributed by atoms with E-state index in [1.807, 2.05) is 0 Å². The van der Waals surface area contributed by atoms with Crippen LogP contribution in [0, 0.1) is 0 Å². The summed E-state index contributed by atoms with van der Waals surface area (Å²) in [4.78, 5) is 21.6. The molecule has 2 aliphatic rings. The molecule has 0 bridgehead atoms. The lowest BCUT2D eigenvalue weighted by molar-refractivity contribution is 0.121.